The molecular formula is C27H24BrClN4OS. The van der Waals surface area contributed by atoms with E-state index in [0.29, 0.717) is 10.1 Å². The highest BCUT2D eigenvalue weighted by Crippen LogP contribution is 2.44. The summed E-state index contributed by atoms with van der Waals surface area (Å²) in [5.41, 5.74) is 6.16. The average Bonchev–Trinajstić information content (AvgIpc) is 3.35. The fourth-order valence-electron chi connectivity index (χ4n) is 4.85. The van der Waals surface area contributed by atoms with Gasteiger partial charge >= 0.3 is 0 Å². The number of ether oxygens (including phenoxy) is 1. The van der Waals surface area contributed by atoms with Gasteiger partial charge in [0.1, 0.15) is 5.75 Å². The molecule has 0 unspecified atom stereocenters. The van der Waals surface area contributed by atoms with Gasteiger partial charge < -0.3 is 19.5 Å². The van der Waals surface area contributed by atoms with Crippen LogP contribution >= 0.6 is 39.7 Å². The van der Waals surface area contributed by atoms with Crippen LogP contribution in [0, 0.1) is 13.8 Å². The van der Waals surface area contributed by atoms with Crippen LogP contribution in [0.1, 0.15) is 34.7 Å². The van der Waals surface area contributed by atoms with Crippen LogP contribution in [0.2, 0.25) is 5.02 Å². The van der Waals surface area contributed by atoms with Crippen LogP contribution in [-0.2, 0) is 0 Å². The van der Waals surface area contributed by atoms with E-state index in [1.54, 1.807) is 7.11 Å². The Balaban J connectivity index is 1.70. The zero-order chi connectivity index (χ0) is 24.7. The summed E-state index contributed by atoms with van der Waals surface area (Å²) in [6.07, 6.45) is 1.82. The molecule has 2 aromatic heterocycles. The first-order chi connectivity index (χ1) is 16.9. The van der Waals surface area contributed by atoms with Gasteiger partial charge in [-0.2, -0.15) is 0 Å². The van der Waals surface area contributed by atoms with Crippen molar-refractivity contribution in [3.8, 4) is 11.4 Å². The lowest BCUT2D eigenvalue weighted by Gasteiger charge is -2.28. The molecule has 0 spiro atoms. The Hall–Kier alpha value is -2.87. The van der Waals surface area contributed by atoms with Crippen molar-refractivity contribution in [2.75, 3.05) is 12.0 Å². The first-order valence-corrected chi connectivity index (χ1v) is 12.8. The van der Waals surface area contributed by atoms with Gasteiger partial charge in [0.05, 0.1) is 30.6 Å². The molecule has 0 amide bonds. The third-order valence-corrected chi connectivity index (χ3v) is 7.45. The van der Waals surface area contributed by atoms with Gasteiger partial charge in [-0.3, -0.25) is 4.98 Å². The minimum atomic E-state index is -0.123. The molecule has 0 bridgehead atoms. The van der Waals surface area contributed by atoms with Crippen molar-refractivity contribution in [2.45, 2.75) is 25.9 Å². The van der Waals surface area contributed by atoms with Gasteiger partial charge in [-0.1, -0.05) is 33.6 Å². The third-order valence-electron chi connectivity index (χ3n) is 6.37. The third kappa shape index (κ3) is 4.33. The van der Waals surface area contributed by atoms with Crippen molar-refractivity contribution in [2.24, 2.45) is 0 Å². The molecule has 8 heteroatoms. The Bertz CT molecular complexity index is 1390. The number of hydrogen-bond acceptors (Lipinski definition) is 3. The van der Waals surface area contributed by atoms with Crippen molar-refractivity contribution < 1.29 is 4.74 Å². The number of rotatable bonds is 5. The van der Waals surface area contributed by atoms with E-state index in [2.05, 4.69) is 67.7 Å². The van der Waals surface area contributed by atoms with E-state index in [1.165, 1.54) is 0 Å². The van der Waals surface area contributed by atoms with Crippen molar-refractivity contribution >= 4 is 50.5 Å². The summed E-state index contributed by atoms with van der Waals surface area (Å²) in [6.45, 7) is 4.22. The highest BCUT2D eigenvalue weighted by molar-refractivity contribution is 9.10. The van der Waals surface area contributed by atoms with Crippen LogP contribution in [0.15, 0.2) is 77.4 Å². The number of aryl methyl sites for hydroxylation is 1. The molecule has 4 aromatic rings. The van der Waals surface area contributed by atoms with Gasteiger partial charge in [-0.05, 0) is 92.3 Å². The number of pyridine rings is 1. The van der Waals surface area contributed by atoms with Crippen molar-refractivity contribution in [1.29, 1.82) is 0 Å². The monoisotopic (exact) mass is 566 g/mol. The summed E-state index contributed by atoms with van der Waals surface area (Å²) in [5.74, 6) is 0.758. The Labute approximate surface area is 223 Å². The predicted octanol–water partition coefficient (Wildman–Crippen LogP) is 7.09. The van der Waals surface area contributed by atoms with E-state index in [1.807, 2.05) is 54.7 Å². The zero-order valence-corrected chi connectivity index (χ0v) is 22.7. The second-order valence-electron chi connectivity index (χ2n) is 8.45. The van der Waals surface area contributed by atoms with Gasteiger partial charge in [0, 0.05) is 32.8 Å². The van der Waals surface area contributed by atoms with Gasteiger partial charge in [0.25, 0.3) is 0 Å². The van der Waals surface area contributed by atoms with Gasteiger partial charge in [-0.25, -0.2) is 0 Å². The normalized spacial score (nSPS) is 17.5. The molecule has 1 aliphatic heterocycles. The lowest BCUT2D eigenvalue weighted by atomic mass is 9.96. The molecule has 1 aliphatic rings. The maximum atomic E-state index is 6.38. The molecule has 0 radical (unpaired) electrons. The molecule has 5 rings (SSSR count). The largest absolute Gasteiger partial charge is 0.495 e. The van der Waals surface area contributed by atoms with E-state index in [4.69, 9.17) is 28.6 Å². The molecule has 1 saturated heterocycles. The smallest absolute Gasteiger partial charge is 0.174 e. The van der Waals surface area contributed by atoms with Gasteiger partial charge in [-0.15, -0.1) is 0 Å². The number of thiocarbonyl (C=S) groups is 1. The number of aromatic nitrogens is 2. The molecule has 3 heterocycles. The molecule has 178 valence electrons. The van der Waals surface area contributed by atoms with E-state index in [-0.39, 0.29) is 12.1 Å². The van der Waals surface area contributed by atoms with Crippen molar-refractivity contribution in [3.05, 3.63) is 105 Å². The standard InChI is InChI=1S/C27H24BrClN4OS/c1-16-14-21(17(2)32(16)23-15-19(29)9-12-24(23)34-3)26-25(22-6-4-5-13-30-22)31-27(35)33(26)20-10-7-18(28)8-11-20/h4-15,25-26H,1-3H3,(H,31,35)/t25-,26-/m1/s1. The topological polar surface area (TPSA) is 42.3 Å². The molecule has 1 fully saturated rings. The number of benzene rings is 2. The maximum absolute atomic E-state index is 6.38. The maximum Gasteiger partial charge on any atom is 0.174 e. The van der Waals surface area contributed by atoms with Gasteiger partial charge in [0.15, 0.2) is 5.11 Å². The Morgan fingerprint density at radius 2 is 1.83 bits per heavy atom. The van der Waals surface area contributed by atoms with Crippen molar-refractivity contribution in [1.82, 2.24) is 14.9 Å². The number of hydrogen-bond donors (Lipinski definition) is 1. The number of nitrogens with zero attached hydrogens (tertiary/aromatic N) is 3. The summed E-state index contributed by atoms with van der Waals surface area (Å²) in [7, 11) is 1.67. The van der Waals surface area contributed by atoms with E-state index in [0.717, 1.165) is 44.2 Å². The molecule has 0 saturated carbocycles. The second kappa shape index (κ2) is 9.64. The summed E-state index contributed by atoms with van der Waals surface area (Å²) < 4.78 is 8.88. The molecule has 0 aliphatic carbocycles. The molecule has 35 heavy (non-hydrogen) atoms. The quantitative estimate of drug-likeness (QED) is 0.261. The van der Waals surface area contributed by atoms with Crippen LogP contribution in [-0.4, -0.2) is 21.8 Å². The lowest BCUT2D eigenvalue weighted by Crippen LogP contribution is -2.29. The fourth-order valence-corrected chi connectivity index (χ4v) is 5.62. The predicted molar refractivity (Wildman–Crippen MR) is 149 cm³/mol. The number of nitrogens with one attached hydrogen (secondary N) is 1. The van der Waals surface area contributed by atoms with E-state index in [9.17, 15) is 0 Å². The fraction of sp³-hybridized carbons (Fsp3) is 0.185. The number of halogens is 2. The zero-order valence-electron chi connectivity index (χ0n) is 19.5. The minimum absolute atomic E-state index is 0.108. The van der Waals surface area contributed by atoms with E-state index < -0.39 is 0 Å². The van der Waals surface area contributed by atoms with Crippen LogP contribution in [0.3, 0.4) is 0 Å². The van der Waals surface area contributed by atoms with Crippen LogP contribution in [0.25, 0.3) is 5.69 Å². The molecule has 2 aromatic carbocycles. The molecule has 2 atom stereocenters. The average molecular weight is 568 g/mol. The Morgan fingerprint density at radius 1 is 1.06 bits per heavy atom. The minimum Gasteiger partial charge on any atom is -0.495 e. The highest BCUT2D eigenvalue weighted by Gasteiger charge is 2.42. The SMILES string of the molecule is COc1ccc(Cl)cc1-n1c(C)cc([C@@H]2[C@@H](c3ccccn3)NC(=S)N2c2ccc(Br)cc2)c1C. The number of anilines is 1. The summed E-state index contributed by atoms with van der Waals surface area (Å²) in [4.78, 5) is 6.85. The first-order valence-electron chi connectivity index (χ1n) is 11.2. The number of methoxy groups -OCH3 is 1. The molecular weight excluding hydrogens is 544 g/mol. The van der Waals surface area contributed by atoms with Crippen LogP contribution < -0.4 is 15.0 Å². The summed E-state index contributed by atoms with van der Waals surface area (Å²) >= 11 is 15.8. The second-order valence-corrected chi connectivity index (χ2v) is 10.2. The summed E-state index contributed by atoms with van der Waals surface area (Å²) in [6, 6.07) is 21.8. The van der Waals surface area contributed by atoms with Crippen LogP contribution in [0.4, 0.5) is 5.69 Å². The van der Waals surface area contributed by atoms with Crippen LogP contribution in [0.5, 0.6) is 5.75 Å². The molecule has 5 nitrogen and oxygen atoms in total. The van der Waals surface area contributed by atoms with Gasteiger partial charge in [0.2, 0.25) is 0 Å². The summed E-state index contributed by atoms with van der Waals surface area (Å²) in [5, 5.41) is 4.86. The Kier molecular flexibility index (Phi) is 6.57. The molecule has 1 N–H and O–H groups in total. The first kappa shape index (κ1) is 23.9. The lowest BCUT2D eigenvalue weighted by molar-refractivity contribution is 0.412. The van der Waals surface area contributed by atoms with Crippen molar-refractivity contribution in [3.63, 3.8) is 0 Å². The van der Waals surface area contributed by atoms with E-state index >= 15 is 0 Å². The highest BCUT2D eigenvalue weighted by atomic mass is 79.9. The Morgan fingerprint density at radius 3 is 2.51 bits per heavy atom.